The minimum Gasteiger partial charge on any atom is -0.267 e. The van der Waals surface area contributed by atoms with E-state index >= 15 is 0 Å². The fourth-order valence-electron chi connectivity index (χ4n) is 2.07. The fourth-order valence-corrected chi connectivity index (χ4v) is 5.00. The number of nitrogens with zero attached hydrogens (tertiary/aromatic N) is 1. The molecular weight excluding hydrogens is 418 g/mol. The van der Waals surface area contributed by atoms with Crippen molar-refractivity contribution in [2.45, 2.75) is 18.7 Å². The molecule has 0 unspecified atom stereocenters. The Balaban J connectivity index is 2.57. The maximum Gasteiger partial charge on any atom is 0.265 e. The molecular formula is C15H15Br2NO2S. The lowest BCUT2D eigenvalue weighted by molar-refractivity contribution is 0.591. The van der Waals surface area contributed by atoms with E-state index in [1.807, 2.05) is 32.0 Å². The summed E-state index contributed by atoms with van der Waals surface area (Å²) in [5.74, 6) is 0. The Labute approximate surface area is 142 Å². The SMILES string of the molecule is CCN(c1cccc(C)c1)S(=O)(=O)c1cc(Br)ccc1Br. The lowest BCUT2D eigenvalue weighted by atomic mass is 10.2. The van der Waals surface area contributed by atoms with Crippen LogP contribution in [0.3, 0.4) is 0 Å². The molecule has 2 aromatic rings. The monoisotopic (exact) mass is 431 g/mol. The highest BCUT2D eigenvalue weighted by molar-refractivity contribution is 9.11. The van der Waals surface area contributed by atoms with Gasteiger partial charge in [0.05, 0.1) is 5.69 Å². The molecule has 0 amide bonds. The van der Waals surface area contributed by atoms with Crippen LogP contribution in [0.25, 0.3) is 0 Å². The molecule has 0 aromatic heterocycles. The van der Waals surface area contributed by atoms with E-state index in [0.717, 1.165) is 10.0 Å². The summed E-state index contributed by atoms with van der Waals surface area (Å²) in [4.78, 5) is 0.250. The zero-order valence-corrected chi connectivity index (χ0v) is 15.7. The Hall–Kier alpha value is -0.850. The van der Waals surface area contributed by atoms with Gasteiger partial charge in [0, 0.05) is 15.5 Å². The van der Waals surface area contributed by atoms with E-state index in [-0.39, 0.29) is 4.90 Å². The van der Waals surface area contributed by atoms with Crippen LogP contribution in [0, 0.1) is 6.92 Å². The maximum atomic E-state index is 12.9. The average Bonchev–Trinajstić information content (AvgIpc) is 2.42. The molecule has 0 atom stereocenters. The van der Waals surface area contributed by atoms with Crippen LogP contribution in [0.1, 0.15) is 12.5 Å². The second-order valence-electron chi connectivity index (χ2n) is 4.58. The highest BCUT2D eigenvalue weighted by Crippen LogP contribution is 2.31. The van der Waals surface area contributed by atoms with Gasteiger partial charge in [0.2, 0.25) is 0 Å². The molecule has 2 rings (SSSR count). The van der Waals surface area contributed by atoms with Crippen molar-refractivity contribution < 1.29 is 8.42 Å². The van der Waals surface area contributed by atoms with Crippen LogP contribution < -0.4 is 4.31 Å². The first-order chi connectivity index (χ1) is 9.86. The van der Waals surface area contributed by atoms with Gasteiger partial charge in [0.25, 0.3) is 10.0 Å². The zero-order valence-electron chi connectivity index (χ0n) is 11.7. The highest BCUT2D eigenvalue weighted by Gasteiger charge is 2.26. The highest BCUT2D eigenvalue weighted by atomic mass is 79.9. The summed E-state index contributed by atoms with van der Waals surface area (Å²) in [6, 6.07) is 12.6. The number of sulfonamides is 1. The van der Waals surface area contributed by atoms with Gasteiger partial charge in [-0.2, -0.15) is 0 Å². The van der Waals surface area contributed by atoms with E-state index in [1.165, 1.54) is 4.31 Å². The van der Waals surface area contributed by atoms with E-state index in [9.17, 15) is 8.42 Å². The standard InChI is InChI=1S/C15H15Br2NO2S/c1-3-18(13-6-4-5-11(2)9-13)21(19,20)15-10-12(16)7-8-14(15)17/h4-10H,3H2,1-2H3. The molecule has 2 aromatic carbocycles. The third kappa shape index (κ3) is 3.49. The van der Waals surface area contributed by atoms with Crippen LogP contribution in [-0.4, -0.2) is 15.0 Å². The summed E-state index contributed by atoms with van der Waals surface area (Å²) < 4.78 is 28.5. The number of benzene rings is 2. The third-order valence-electron chi connectivity index (χ3n) is 3.04. The topological polar surface area (TPSA) is 37.4 Å². The van der Waals surface area contributed by atoms with Crippen molar-refractivity contribution in [2.24, 2.45) is 0 Å². The van der Waals surface area contributed by atoms with Crippen molar-refractivity contribution in [2.75, 3.05) is 10.8 Å². The fraction of sp³-hybridized carbons (Fsp3) is 0.200. The molecule has 0 saturated carbocycles. The molecule has 0 heterocycles. The second kappa shape index (κ2) is 6.50. The third-order valence-corrected chi connectivity index (χ3v) is 6.43. The Morgan fingerprint density at radius 1 is 1.10 bits per heavy atom. The molecule has 0 fully saturated rings. The first-order valence-electron chi connectivity index (χ1n) is 6.40. The number of hydrogen-bond acceptors (Lipinski definition) is 2. The predicted molar refractivity (Wildman–Crippen MR) is 93.2 cm³/mol. The predicted octanol–water partition coefficient (Wildman–Crippen LogP) is 4.74. The van der Waals surface area contributed by atoms with Gasteiger partial charge in [-0.3, -0.25) is 4.31 Å². The summed E-state index contributed by atoms with van der Waals surface area (Å²) in [7, 11) is -3.62. The summed E-state index contributed by atoms with van der Waals surface area (Å²) in [6.45, 7) is 4.13. The molecule has 0 spiro atoms. The quantitative estimate of drug-likeness (QED) is 0.699. The molecule has 21 heavy (non-hydrogen) atoms. The van der Waals surface area contributed by atoms with Crippen molar-refractivity contribution in [1.29, 1.82) is 0 Å². The van der Waals surface area contributed by atoms with Crippen molar-refractivity contribution in [3.63, 3.8) is 0 Å². The first kappa shape index (κ1) is 16.5. The van der Waals surface area contributed by atoms with Crippen molar-refractivity contribution in [3.8, 4) is 0 Å². The molecule has 0 aliphatic carbocycles. The van der Waals surface area contributed by atoms with Crippen LogP contribution in [0.5, 0.6) is 0 Å². The number of halogens is 2. The summed E-state index contributed by atoms with van der Waals surface area (Å²) in [5, 5.41) is 0. The number of hydrogen-bond donors (Lipinski definition) is 0. The summed E-state index contributed by atoms with van der Waals surface area (Å²) >= 11 is 6.65. The average molecular weight is 433 g/mol. The van der Waals surface area contributed by atoms with Gasteiger partial charge in [-0.1, -0.05) is 28.1 Å². The van der Waals surface area contributed by atoms with Gasteiger partial charge < -0.3 is 0 Å². The molecule has 0 bridgehead atoms. The van der Waals surface area contributed by atoms with Crippen LogP contribution in [0.15, 0.2) is 56.3 Å². The summed E-state index contributed by atoms with van der Waals surface area (Å²) in [6.07, 6.45) is 0. The normalized spacial score (nSPS) is 11.4. The molecule has 6 heteroatoms. The molecule has 0 N–H and O–H groups in total. The van der Waals surface area contributed by atoms with Crippen LogP contribution >= 0.6 is 31.9 Å². The Bertz CT molecular complexity index is 760. The lowest BCUT2D eigenvalue weighted by Gasteiger charge is -2.24. The molecule has 0 radical (unpaired) electrons. The Kier molecular flexibility index (Phi) is 5.11. The van der Waals surface area contributed by atoms with Gasteiger partial charge in [-0.05, 0) is 65.7 Å². The second-order valence-corrected chi connectivity index (χ2v) is 8.18. The number of anilines is 1. The smallest absolute Gasteiger partial charge is 0.265 e. The number of aryl methyl sites for hydroxylation is 1. The molecule has 3 nitrogen and oxygen atoms in total. The van der Waals surface area contributed by atoms with Crippen LogP contribution in [0.4, 0.5) is 5.69 Å². The minimum atomic E-state index is -3.62. The lowest BCUT2D eigenvalue weighted by Crippen LogP contribution is -2.31. The Morgan fingerprint density at radius 3 is 2.43 bits per heavy atom. The van der Waals surface area contributed by atoms with Crippen molar-refractivity contribution >= 4 is 47.6 Å². The van der Waals surface area contributed by atoms with E-state index in [2.05, 4.69) is 31.9 Å². The van der Waals surface area contributed by atoms with Crippen molar-refractivity contribution in [1.82, 2.24) is 0 Å². The van der Waals surface area contributed by atoms with Gasteiger partial charge in [0.15, 0.2) is 0 Å². The van der Waals surface area contributed by atoms with Crippen LogP contribution in [0.2, 0.25) is 0 Å². The van der Waals surface area contributed by atoms with E-state index in [0.29, 0.717) is 16.7 Å². The molecule has 0 aliphatic heterocycles. The maximum absolute atomic E-state index is 12.9. The van der Waals surface area contributed by atoms with Crippen molar-refractivity contribution in [3.05, 3.63) is 57.0 Å². The molecule has 0 aliphatic rings. The van der Waals surface area contributed by atoms with Gasteiger partial charge in [-0.15, -0.1) is 0 Å². The molecule has 112 valence electrons. The largest absolute Gasteiger partial charge is 0.267 e. The molecule has 0 saturated heterocycles. The van der Waals surface area contributed by atoms with Gasteiger partial charge in [-0.25, -0.2) is 8.42 Å². The van der Waals surface area contributed by atoms with Gasteiger partial charge in [0.1, 0.15) is 4.90 Å². The summed E-state index contributed by atoms with van der Waals surface area (Å²) in [5.41, 5.74) is 1.69. The van der Waals surface area contributed by atoms with E-state index in [4.69, 9.17) is 0 Å². The van der Waals surface area contributed by atoms with E-state index < -0.39 is 10.0 Å². The first-order valence-corrected chi connectivity index (χ1v) is 9.43. The zero-order chi connectivity index (χ0) is 15.6. The van der Waals surface area contributed by atoms with E-state index in [1.54, 1.807) is 24.3 Å². The minimum absolute atomic E-state index is 0.250. The van der Waals surface area contributed by atoms with Gasteiger partial charge >= 0.3 is 0 Å². The number of rotatable bonds is 4. The Morgan fingerprint density at radius 2 is 1.81 bits per heavy atom. The van der Waals surface area contributed by atoms with Crippen LogP contribution in [-0.2, 0) is 10.0 Å².